The van der Waals surface area contributed by atoms with Crippen LogP contribution in [0.4, 0.5) is 5.95 Å². The third kappa shape index (κ3) is 2.41. The average Bonchev–Trinajstić information content (AvgIpc) is 2.96. The molecule has 0 spiro atoms. The molecule has 4 rings (SSSR count). The van der Waals surface area contributed by atoms with Gasteiger partial charge in [-0.25, -0.2) is 4.98 Å². The second-order valence-electron chi connectivity index (χ2n) is 6.28. The van der Waals surface area contributed by atoms with Crippen molar-refractivity contribution in [2.75, 3.05) is 31.2 Å². The third-order valence-electron chi connectivity index (χ3n) is 4.72. The number of fused-ring (bicyclic) bond motifs is 1. The van der Waals surface area contributed by atoms with Gasteiger partial charge in [-0.3, -0.25) is 0 Å². The SMILES string of the molecule is Cc1ccc(-c2nc(N3CCOCC3)n3c2CCCC3)cc1. The van der Waals surface area contributed by atoms with E-state index >= 15 is 0 Å². The number of aryl methyl sites for hydroxylation is 1. The summed E-state index contributed by atoms with van der Waals surface area (Å²) >= 11 is 0. The first-order valence-corrected chi connectivity index (χ1v) is 8.32. The minimum Gasteiger partial charge on any atom is -0.378 e. The highest BCUT2D eigenvalue weighted by atomic mass is 16.5. The number of morpholine rings is 1. The Bertz CT molecular complexity index is 654. The van der Waals surface area contributed by atoms with Gasteiger partial charge in [-0.05, 0) is 26.2 Å². The molecule has 2 aliphatic heterocycles. The van der Waals surface area contributed by atoms with Crippen molar-refractivity contribution in [3.63, 3.8) is 0 Å². The third-order valence-corrected chi connectivity index (χ3v) is 4.72. The lowest BCUT2D eigenvalue weighted by molar-refractivity contribution is 0.121. The summed E-state index contributed by atoms with van der Waals surface area (Å²) in [5, 5.41) is 0. The molecule has 0 amide bonds. The Morgan fingerprint density at radius 1 is 1.00 bits per heavy atom. The van der Waals surface area contributed by atoms with Crippen molar-refractivity contribution in [3.05, 3.63) is 35.5 Å². The number of rotatable bonds is 2. The van der Waals surface area contributed by atoms with E-state index in [2.05, 4.69) is 40.7 Å². The monoisotopic (exact) mass is 297 g/mol. The number of anilines is 1. The molecule has 0 radical (unpaired) electrons. The van der Waals surface area contributed by atoms with Crippen molar-refractivity contribution in [3.8, 4) is 11.3 Å². The van der Waals surface area contributed by atoms with Gasteiger partial charge in [-0.2, -0.15) is 0 Å². The number of imidazole rings is 1. The number of ether oxygens (including phenoxy) is 1. The van der Waals surface area contributed by atoms with E-state index in [-0.39, 0.29) is 0 Å². The molecule has 0 saturated carbocycles. The smallest absolute Gasteiger partial charge is 0.206 e. The number of hydrogen-bond acceptors (Lipinski definition) is 3. The van der Waals surface area contributed by atoms with Gasteiger partial charge in [-0.15, -0.1) is 0 Å². The Balaban J connectivity index is 1.78. The predicted octanol–water partition coefficient (Wildman–Crippen LogP) is 3.03. The fraction of sp³-hybridized carbons (Fsp3) is 0.500. The Morgan fingerprint density at radius 2 is 1.77 bits per heavy atom. The summed E-state index contributed by atoms with van der Waals surface area (Å²) in [6, 6.07) is 8.77. The molecule has 1 fully saturated rings. The summed E-state index contributed by atoms with van der Waals surface area (Å²) < 4.78 is 7.94. The van der Waals surface area contributed by atoms with Crippen molar-refractivity contribution in [2.24, 2.45) is 0 Å². The van der Waals surface area contributed by atoms with Crippen LogP contribution in [0.15, 0.2) is 24.3 Å². The van der Waals surface area contributed by atoms with Crippen molar-refractivity contribution in [2.45, 2.75) is 32.7 Å². The molecule has 3 heterocycles. The number of benzene rings is 1. The first-order valence-electron chi connectivity index (χ1n) is 8.32. The van der Waals surface area contributed by atoms with Gasteiger partial charge in [0, 0.05) is 30.9 Å². The van der Waals surface area contributed by atoms with Crippen LogP contribution < -0.4 is 4.90 Å². The molecule has 2 aliphatic rings. The second-order valence-corrected chi connectivity index (χ2v) is 6.28. The Labute approximate surface area is 131 Å². The summed E-state index contributed by atoms with van der Waals surface area (Å²) in [5.74, 6) is 1.15. The minimum atomic E-state index is 0.808. The Kier molecular flexibility index (Phi) is 3.62. The molecule has 0 N–H and O–H groups in total. The van der Waals surface area contributed by atoms with Gasteiger partial charge in [0.15, 0.2) is 0 Å². The molecule has 2 aromatic rings. The number of hydrogen-bond donors (Lipinski definition) is 0. The van der Waals surface area contributed by atoms with E-state index in [0.29, 0.717) is 0 Å². The summed E-state index contributed by atoms with van der Waals surface area (Å²) in [7, 11) is 0. The normalized spacial score (nSPS) is 18.3. The standard InChI is InChI=1S/C18H23N3O/c1-14-5-7-15(8-6-14)17-16-4-2-3-9-21(16)18(19-17)20-10-12-22-13-11-20/h5-8H,2-4,9-13H2,1H3. The molecule has 1 aromatic carbocycles. The van der Waals surface area contributed by atoms with E-state index in [0.717, 1.165) is 45.2 Å². The minimum absolute atomic E-state index is 0.808. The molecule has 22 heavy (non-hydrogen) atoms. The maximum absolute atomic E-state index is 5.49. The van der Waals surface area contributed by atoms with Gasteiger partial charge >= 0.3 is 0 Å². The molecule has 4 nitrogen and oxygen atoms in total. The molecule has 0 aliphatic carbocycles. The molecular weight excluding hydrogens is 274 g/mol. The first-order chi connectivity index (χ1) is 10.8. The number of nitrogens with zero attached hydrogens (tertiary/aromatic N) is 3. The maximum Gasteiger partial charge on any atom is 0.206 e. The topological polar surface area (TPSA) is 30.3 Å². The van der Waals surface area contributed by atoms with Crippen molar-refractivity contribution in [1.82, 2.24) is 9.55 Å². The molecular formula is C18H23N3O. The fourth-order valence-corrected chi connectivity index (χ4v) is 3.47. The first kappa shape index (κ1) is 13.8. The van der Waals surface area contributed by atoms with Crippen molar-refractivity contribution >= 4 is 5.95 Å². The van der Waals surface area contributed by atoms with Crippen molar-refractivity contribution in [1.29, 1.82) is 0 Å². The van der Waals surface area contributed by atoms with E-state index < -0.39 is 0 Å². The Hall–Kier alpha value is -1.81. The van der Waals surface area contributed by atoms with Gasteiger partial charge in [0.1, 0.15) is 0 Å². The van der Waals surface area contributed by atoms with Crippen LogP contribution in [-0.4, -0.2) is 35.9 Å². The van der Waals surface area contributed by atoms with Crippen LogP contribution in [-0.2, 0) is 17.7 Å². The van der Waals surface area contributed by atoms with E-state index in [1.165, 1.54) is 35.4 Å². The van der Waals surface area contributed by atoms with E-state index in [1.54, 1.807) is 0 Å². The lowest BCUT2D eigenvalue weighted by atomic mass is 10.0. The van der Waals surface area contributed by atoms with Crippen LogP contribution >= 0.6 is 0 Å². The van der Waals surface area contributed by atoms with Crippen LogP contribution in [0.3, 0.4) is 0 Å². The lowest BCUT2D eigenvalue weighted by Crippen LogP contribution is -2.38. The summed E-state index contributed by atoms with van der Waals surface area (Å²) in [6.07, 6.45) is 3.67. The van der Waals surface area contributed by atoms with Gasteiger partial charge in [0.2, 0.25) is 5.95 Å². The number of aromatic nitrogens is 2. The van der Waals surface area contributed by atoms with Crippen LogP contribution in [0.5, 0.6) is 0 Å². The second kappa shape index (κ2) is 5.76. The largest absolute Gasteiger partial charge is 0.378 e. The van der Waals surface area contributed by atoms with E-state index in [9.17, 15) is 0 Å². The molecule has 1 aromatic heterocycles. The molecule has 0 atom stereocenters. The zero-order valence-electron chi connectivity index (χ0n) is 13.2. The molecule has 0 bridgehead atoms. The van der Waals surface area contributed by atoms with Crippen molar-refractivity contribution < 1.29 is 4.74 Å². The Morgan fingerprint density at radius 3 is 2.55 bits per heavy atom. The summed E-state index contributed by atoms with van der Waals surface area (Å²) in [4.78, 5) is 7.43. The predicted molar refractivity (Wildman–Crippen MR) is 88.4 cm³/mol. The maximum atomic E-state index is 5.49. The lowest BCUT2D eigenvalue weighted by Gasteiger charge is -2.29. The highest BCUT2D eigenvalue weighted by Gasteiger charge is 2.25. The molecule has 1 saturated heterocycles. The molecule has 4 heteroatoms. The van der Waals surface area contributed by atoms with E-state index in [1.807, 2.05) is 0 Å². The summed E-state index contributed by atoms with van der Waals surface area (Å²) in [5.41, 5.74) is 5.14. The molecule has 0 unspecified atom stereocenters. The van der Waals surface area contributed by atoms with Gasteiger partial charge < -0.3 is 14.2 Å². The zero-order chi connectivity index (χ0) is 14.9. The van der Waals surface area contributed by atoms with Gasteiger partial charge in [-0.1, -0.05) is 29.8 Å². The summed E-state index contributed by atoms with van der Waals surface area (Å²) in [6.45, 7) is 6.74. The van der Waals surface area contributed by atoms with Crippen LogP contribution in [0.1, 0.15) is 24.1 Å². The van der Waals surface area contributed by atoms with Crippen LogP contribution in [0.25, 0.3) is 11.3 Å². The highest BCUT2D eigenvalue weighted by Crippen LogP contribution is 2.32. The van der Waals surface area contributed by atoms with Crippen LogP contribution in [0, 0.1) is 6.92 Å². The fourth-order valence-electron chi connectivity index (χ4n) is 3.47. The zero-order valence-corrected chi connectivity index (χ0v) is 13.2. The van der Waals surface area contributed by atoms with E-state index in [4.69, 9.17) is 9.72 Å². The quantitative estimate of drug-likeness (QED) is 0.853. The average molecular weight is 297 g/mol. The van der Waals surface area contributed by atoms with Crippen LogP contribution in [0.2, 0.25) is 0 Å². The highest BCUT2D eigenvalue weighted by molar-refractivity contribution is 5.65. The molecule has 116 valence electrons. The van der Waals surface area contributed by atoms with Gasteiger partial charge in [0.25, 0.3) is 0 Å². The van der Waals surface area contributed by atoms with Gasteiger partial charge in [0.05, 0.1) is 18.9 Å².